The van der Waals surface area contributed by atoms with Gasteiger partial charge < -0.3 is 36.8 Å². The van der Waals surface area contributed by atoms with E-state index < -0.39 is 36.1 Å². The molecule has 0 bridgehead atoms. The predicted octanol–water partition coefficient (Wildman–Crippen LogP) is 6.22. The Morgan fingerprint density at radius 3 is 2.46 bits per heavy atom. The van der Waals surface area contributed by atoms with Gasteiger partial charge in [0.2, 0.25) is 11.8 Å². The van der Waals surface area contributed by atoms with Gasteiger partial charge in [0, 0.05) is 33.7 Å². The lowest BCUT2D eigenvalue weighted by atomic mass is 9.79. The van der Waals surface area contributed by atoms with Gasteiger partial charge in [-0.25, -0.2) is 9.78 Å². The van der Waals surface area contributed by atoms with Gasteiger partial charge in [-0.3, -0.25) is 14.4 Å². The number of aliphatic hydroxyl groups is 2. The number of urea groups is 1. The fourth-order valence-electron chi connectivity index (χ4n) is 8.77. The van der Waals surface area contributed by atoms with Crippen molar-refractivity contribution in [2.75, 3.05) is 18.1 Å². The standard InChI is InChI=1S/C44H68N6O6S3/c1-6-27(4)37(43(55)45-21-20-33-28(5)46-25-59-33)49-42(54)36(26(2)3)40(52)39(51)31(23-29-15-9-7-10-16-29)47-41(53)30-17-12-13-18-34(30)57-22-14-8-11-19-35-38-32(24-58-35)48-44(56)50-38/h12-13,17-18,25-27,29,31-32,35-40,51-52H,6-11,14-16,19-24H2,1-5H3,(H,45,55)(H,47,53)(H,49,54)(H2,48,50,56)/t27?,31-,32-,35-,36+,37-,38-,39+,40+/m0/s1. The number of nitrogens with zero attached hydrogens (tertiary/aromatic N) is 1. The summed E-state index contributed by atoms with van der Waals surface area (Å²) < 4.78 is 0. The predicted molar refractivity (Wildman–Crippen MR) is 239 cm³/mol. The summed E-state index contributed by atoms with van der Waals surface area (Å²) in [5.74, 6) is -0.578. The van der Waals surface area contributed by atoms with Crippen molar-refractivity contribution in [3.05, 3.63) is 45.9 Å². The van der Waals surface area contributed by atoms with Gasteiger partial charge in [-0.05, 0) is 61.8 Å². The Morgan fingerprint density at radius 2 is 1.75 bits per heavy atom. The summed E-state index contributed by atoms with van der Waals surface area (Å²) in [6, 6.07) is 6.32. The molecule has 2 saturated heterocycles. The Bertz CT molecular complexity index is 1670. The van der Waals surface area contributed by atoms with E-state index in [4.69, 9.17) is 0 Å². The number of carbonyl (C=O) groups excluding carboxylic acids is 4. The maximum Gasteiger partial charge on any atom is 0.315 e. The molecule has 0 radical (unpaired) electrons. The monoisotopic (exact) mass is 872 g/mol. The molecule has 1 unspecified atom stereocenters. The zero-order chi connectivity index (χ0) is 42.5. The largest absolute Gasteiger partial charge is 0.390 e. The summed E-state index contributed by atoms with van der Waals surface area (Å²) in [5.41, 5.74) is 3.26. The second kappa shape index (κ2) is 23.4. The van der Waals surface area contributed by atoms with Crippen molar-refractivity contribution >= 4 is 58.6 Å². The summed E-state index contributed by atoms with van der Waals surface area (Å²) in [4.78, 5) is 59.7. The van der Waals surface area contributed by atoms with Crippen LogP contribution in [0.2, 0.25) is 0 Å². The van der Waals surface area contributed by atoms with Gasteiger partial charge in [0.15, 0.2) is 0 Å². The molecule has 1 aromatic heterocycles. The van der Waals surface area contributed by atoms with Gasteiger partial charge in [-0.15, -0.1) is 23.1 Å². The van der Waals surface area contributed by atoms with E-state index in [1.807, 2.05) is 64.6 Å². The van der Waals surface area contributed by atoms with E-state index in [1.54, 1.807) is 34.7 Å². The van der Waals surface area contributed by atoms with Crippen molar-refractivity contribution in [1.29, 1.82) is 0 Å². The third kappa shape index (κ3) is 13.3. The Morgan fingerprint density at radius 1 is 0.983 bits per heavy atom. The number of nitrogens with one attached hydrogen (secondary N) is 5. The minimum absolute atomic E-state index is 0.0551. The molecule has 3 aliphatic rings. The van der Waals surface area contributed by atoms with Gasteiger partial charge in [-0.1, -0.05) is 91.2 Å². The van der Waals surface area contributed by atoms with Gasteiger partial charge >= 0.3 is 6.03 Å². The molecule has 2 aliphatic heterocycles. The maximum absolute atomic E-state index is 14.1. The van der Waals surface area contributed by atoms with Crippen LogP contribution in [0.5, 0.6) is 0 Å². The number of amides is 5. The molecule has 59 heavy (non-hydrogen) atoms. The number of hydrogen-bond donors (Lipinski definition) is 7. The molecule has 328 valence electrons. The van der Waals surface area contributed by atoms with Crippen LogP contribution in [0.3, 0.4) is 0 Å². The van der Waals surface area contributed by atoms with Gasteiger partial charge in [-0.2, -0.15) is 11.8 Å². The van der Waals surface area contributed by atoms with E-state index in [9.17, 15) is 29.4 Å². The van der Waals surface area contributed by atoms with Gasteiger partial charge in [0.05, 0.1) is 46.9 Å². The quantitative estimate of drug-likeness (QED) is 0.0388. The number of aromatic nitrogens is 1. The van der Waals surface area contributed by atoms with Crippen LogP contribution < -0.4 is 26.6 Å². The summed E-state index contributed by atoms with van der Waals surface area (Å²) in [5, 5.41) is 39.5. The highest BCUT2D eigenvalue weighted by Gasteiger charge is 2.43. The van der Waals surface area contributed by atoms with Crippen molar-refractivity contribution in [2.24, 2.45) is 23.7 Å². The van der Waals surface area contributed by atoms with Crippen molar-refractivity contribution < 1.29 is 29.4 Å². The molecule has 3 heterocycles. The van der Waals surface area contributed by atoms with E-state index in [0.717, 1.165) is 84.8 Å². The van der Waals surface area contributed by atoms with Crippen LogP contribution in [0.4, 0.5) is 4.79 Å². The highest BCUT2D eigenvalue weighted by atomic mass is 32.2. The normalized spacial score (nSPS) is 22.4. The Balaban J connectivity index is 1.20. The van der Waals surface area contributed by atoms with Crippen LogP contribution >= 0.6 is 34.9 Å². The molecule has 9 atom stereocenters. The summed E-state index contributed by atoms with van der Waals surface area (Å²) in [6.07, 6.45) is 8.37. The van der Waals surface area contributed by atoms with Crippen LogP contribution in [0.15, 0.2) is 34.7 Å². The smallest absolute Gasteiger partial charge is 0.315 e. The molecule has 7 N–H and O–H groups in total. The first kappa shape index (κ1) is 47.2. The molecular weight excluding hydrogens is 805 g/mol. The number of aliphatic hydroxyl groups excluding tert-OH is 2. The highest BCUT2D eigenvalue weighted by molar-refractivity contribution is 8.00. The van der Waals surface area contributed by atoms with Crippen LogP contribution in [-0.4, -0.2) is 98.6 Å². The third-order valence-corrected chi connectivity index (χ3v) is 16.2. The summed E-state index contributed by atoms with van der Waals surface area (Å²) in [6.45, 7) is 9.89. The van der Waals surface area contributed by atoms with E-state index in [-0.39, 0.29) is 47.7 Å². The lowest BCUT2D eigenvalue weighted by Crippen LogP contribution is -2.57. The summed E-state index contributed by atoms with van der Waals surface area (Å²) in [7, 11) is 0. The van der Waals surface area contributed by atoms with E-state index in [0.29, 0.717) is 36.6 Å². The first-order valence-electron chi connectivity index (χ1n) is 21.9. The Kier molecular flexibility index (Phi) is 18.7. The molecule has 0 spiro atoms. The highest BCUT2D eigenvalue weighted by Crippen LogP contribution is 2.34. The number of benzene rings is 1. The molecule has 2 aromatic rings. The zero-order valence-electron chi connectivity index (χ0n) is 35.5. The van der Waals surface area contributed by atoms with Gasteiger partial charge in [0.25, 0.3) is 5.91 Å². The first-order chi connectivity index (χ1) is 28.4. The topological polar surface area (TPSA) is 182 Å². The first-order valence-corrected chi connectivity index (χ1v) is 24.8. The number of rotatable bonds is 23. The SMILES string of the molecule is CCC(C)[C@H](NC(=O)[C@H](C(C)C)[C@@H](O)[C@H](O)[C@H](CC1CCCCC1)NC(=O)c1ccccc1SCCCCC[C@@H]1SC[C@@H]2NC(=O)N[C@@H]21)C(=O)NCCc1scnc1C. The molecule has 5 rings (SSSR count). The second-order valence-corrected chi connectivity index (χ2v) is 20.5. The molecule has 5 amide bonds. The molecule has 12 nitrogen and oxygen atoms in total. The molecule has 1 aliphatic carbocycles. The van der Waals surface area contributed by atoms with E-state index in [2.05, 4.69) is 31.6 Å². The zero-order valence-corrected chi connectivity index (χ0v) is 38.0. The fraction of sp³-hybridized carbons (Fsp3) is 0.705. The Hall–Kier alpha value is -2.85. The van der Waals surface area contributed by atoms with E-state index >= 15 is 0 Å². The van der Waals surface area contributed by atoms with Crippen LogP contribution in [0, 0.1) is 30.6 Å². The third-order valence-electron chi connectivity index (χ3n) is 12.5. The molecular formula is C44H68N6O6S3. The fourth-order valence-corrected chi connectivity index (χ4v) is 12.2. The Labute approximate surface area is 363 Å². The number of carbonyl (C=O) groups is 4. The van der Waals surface area contributed by atoms with Crippen molar-refractivity contribution in [2.45, 2.75) is 158 Å². The van der Waals surface area contributed by atoms with Crippen LogP contribution in [0.1, 0.15) is 119 Å². The lowest BCUT2D eigenvalue weighted by Gasteiger charge is -2.36. The van der Waals surface area contributed by atoms with Gasteiger partial charge in [0.1, 0.15) is 12.1 Å². The second-order valence-electron chi connectivity index (χ2n) is 17.2. The van der Waals surface area contributed by atoms with Crippen molar-refractivity contribution in [3.63, 3.8) is 0 Å². The van der Waals surface area contributed by atoms with Crippen LogP contribution in [-0.2, 0) is 16.0 Å². The molecule has 1 saturated carbocycles. The molecule has 1 aromatic carbocycles. The van der Waals surface area contributed by atoms with Crippen LogP contribution in [0.25, 0.3) is 0 Å². The number of thiazole rings is 1. The number of unbranched alkanes of at least 4 members (excludes halogenated alkanes) is 2. The maximum atomic E-state index is 14.1. The van der Waals surface area contributed by atoms with Crippen molar-refractivity contribution in [3.8, 4) is 0 Å². The minimum atomic E-state index is -1.49. The summed E-state index contributed by atoms with van der Waals surface area (Å²) >= 11 is 5.13. The minimum Gasteiger partial charge on any atom is -0.390 e. The molecule has 15 heteroatoms. The average Bonchev–Trinajstić information content (AvgIpc) is 3.92. The number of fused-ring (bicyclic) bond motifs is 1. The average molecular weight is 873 g/mol. The number of aryl methyl sites for hydroxylation is 1. The number of hydrogen-bond acceptors (Lipinski definition) is 10. The van der Waals surface area contributed by atoms with E-state index in [1.165, 1.54) is 0 Å². The van der Waals surface area contributed by atoms with Crippen molar-refractivity contribution in [1.82, 2.24) is 31.6 Å². The number of thioether (sulfide) groups is 2. The lowest BCUT2D eigenvalue weighted by molar-refractivity contribution is -0.140. The molecule has 3 fully saturated rings.